The predicted molar refractivity (Wildman–Crippen MR) is 47.1 cm³/mol. The van der Waals surface area contributed by atoms with Crippen LogP contribution in [0.1, 0.15) is 25.1 Å². The van der Waals surface area contributed by atoms with Gasteiger partial charge < -0.3 is 9.84 Å². The minimum absolute atomic E-state index is 0.275. The fraction of sp³-hybridized carbons (Fsp3) is 0.750. The van der Waals surface area contributed by atoms with Crippen LogP contribution in [0.4, 0.5) is 0 Å². The van der Waals surface area contributed by atoms with Gasteiger partial charge in [-0.1, -0.05) is 12.1 Å². The number of aromatic nitrogens is 3. The summed E-state index contributed by atoms with van der Waals surface area (Å²) in [4.78, 5) is 0. The van der Waals surface area contributed by atoms with Crippen LogP contribution in [-0.4, -0.2) is 33.8 Å². The topological polar surface area (TPSA) is 60.2 Å². The third-order valence-electron chi connectivity index (χ3n) is 1.75. The highest BCUT2D eigenvalue weighted by molar-refractivity contribution is 4.98. The fourth-order valence-corrected chi connectivity index (χ4v) is 1.15. The van der Waals surface area contributed by atoms with E-state index in [4.69, 9.17) is 4.74 Å². The molecule has 74 valence electrons. The summed E-state index contributed by atoms with van der Waals surface area (Å²) in [5, 5.41) is 17.2. The smallest absolute Gasteiger partial charge is 0.120 e. The van der Waals surface area contributed by atoms with Crippen LogP contribution in [0.5, 0.6) is 0 Å². The predicted octanol–water partition coefficient (Wildman–Crippen LogP) is 0.368. The number of nitrogens with zero attached hydrogens (tertiary/aromatic N) is 3. The van der Waals surface area contributed by atoms with Crippen molar-refractivity contribution in [1.29, 1.82) is 0 Å². The Labute approximate surface area is 77.3 Å². The Hall–Kier alpha value is -0.940. The van der Waals surface area contributed by atoms with Crippen molar-refractivity contribution in [3.8, 4) is 0 Å². The SMILES string of the molecule is CCCn1nncc1C(O)COC. The van der Waals surface area contributed by atoms with E-state index in [1.54, 1.807) is 18.0 Å². The van der Waals surface area contributed by atoms with Gasteiger partial charge in [0, 0.05) is 13.7 Å². The van der Waals surface area contributed by atoms with E-state index in [-0.39, 0.29) is 6.61 Å². The molecule has 0 bridgehead atoms. The monoisotopic (exact) mass is 185 g/mol. The average Bonchev–Trinajstić information content (AvgIpc) is 2.54. The summed E-state index contributed by atoms with van der Waals surface area (Å²) in [5.41, 5.74) is 0.712. The number of hydrogen-bond acceptors (Lipinski definition) is 4. The first-order valence-corrected chi connectivity index (χ1v) is 4.35. The van der Waals surface area contributed by atoms with Gasteiger partial charge in [-0.15, -0.1) is 5.10 Å². The highest BCUT2D eigenvalue weighted by Gasteiger charge is 2.12. The third-order valence-corrected chi connectivity index (χ3v) is 1.75. The van der Waals surface area contributed by atoms with Crippen LogP contribution in [0.25, 0.3) is 0 Å². The maximum absolute atomic E-state index is 9.59. The Kier molecular flexibility index (Phi) is 3.85. The third kappa shape index (κ3) is 2.50. The van der Waals surface area contributed by atoms with Gasteiger partial charge >= 0.3 is 0 Å². The van der Waals surface area contributed by atoms with Gasteiger partial charge in [-0.3, -0.25) is 0 Å². The zero-order chi connectivity index (χ0) is 9.68. The molecule has 0 spiro atoms. The van der Waals surface area contributed by atoms with E-state index < -0.39 is 6.10 Å². The summed E-state index contributed by atoms with van der Waals surface area (Å²) in [6, 6.07) is 0. The van der Waals surface area contributed by atoms with Crippen molar-refractivity contribution in [2.75, 3.05) is 13.7 Å². The largest absolute Gasteiger partial charge is 0.384 e. The first-order chi connectivity index (χ1) is 6.29. The van der Waals surface area contributed by atoms with Crippen molar-refractivity contribution in [2.45, 2.75) is 26.0 Å². The molecule has 0 radical (unpaired) electrons. The number of aryl methyl sites for hydroxylation is 1. The number of rotatable bonds is 5. The molecule has 1 rings (SSSR count). The van der Waals surface area contributed by atoms with Crippen molar-refractivity contribution < 1.29 is 9.84 Å². The van der Waals surface area contributed by atoms with Crippen LogP contribution < -0.4 is 0 Å². The molecule has 5 nitrogen and oxygen atoms in total. The molecular formula is C8H15N3O2. The molecule has 1 aromatic rings. The van der Waals surface area contributed by atoms with Crippen molar-refractivity contribution in [2.24, 2.45) is 0 Å². The Morgan fingerprint density at radius 3 is 3.08 bits per heavy atom. The molecule has 0 fully saturated rings. The molecule has 0 aliphatic heterocycles. The van der Waals surface area contributed by atoms with Gasteiger partial charge in [-0.25, -0.2) is 4.68 Å². The van der Waals surface area contributed by atoms with Crippen LogP contribution in [0.3, 0.4) is 0 Å². The summed E-state index contributed by atoms with van der Waals surface area (Å²) in [6.45, 7) is 3.10. The van der Waals surface area contributed by atoms with Gasteiger partial charge in [-0.2, -0.15) is 0 Å². The molecule has 0 aromatic carbocycles. The summed E-state index contributed by atoms with van der Waals surface area (Å²) in [7, 11) is 1.55. The maximum atomic E-state index is 9.59. The molecule has 1 atom stereocenters. The van der Waals surface area contributed by atoms with E-state index >= 15 is 0 Å². The lowest BCUT2D eigenvalue weighted by Crippen LogP contribution is -2.12. The number of methoxy groups -OCH3 is 1. The molecular weight excluding hydrogens is 170 g/mol. The second-order valence-electron chi connectivity index (χ2n) is 2.85. The lowest BCUT2D eigenvalue weighted by atomic mass is 10.3. The lowest BCUT2D eigenvalue weighted by molar-refractivity contribution is 0.0585. The minimum Gasteiger partial charge on any atom is -0.384 e. The molecule has 0 saturated heterocycles. The van der Waals surface area contributed by atoms with E-state index in [2.05, 4.69) is 10.3 Å². The maximum Gasteiger partial charge on any atom is 0.120 e. The first-order valence-electron chi connectivity index (χ1n) is 4.35. The van der Waals surface area contributed by atoms with E-state index in [0.717, 1.165) is 13.0 Å². The molecule has 0 aliphatic rings. The quantitative estimate of drug-likeness (QED) is 0.720. The second kappa shape index (κ2) is 4.94. The van der Waals surface area contributed by atoms with E-state index in [1.807, 2.05) is 6.92 Å². The number of aliphatic hydroxyl groups is 1. The highest BCUT2D eigenvalue weighted by atomic mass is 16.5. The summed E-state index contributed by atoms with van der Waals surface area (Å²) >= 11 is 0. The van der Waals surface area contributed by atoms with Crippen molar-refractivity contribution in [1.82, 2.24) is 15.0 Å². The minimum atomic E-state index is -0.633. The van der Waals surface area contributed by atoms with Crippen molar-refractivity contribution in [3.05, 3.63) is 11.9 Å². The zero-order valence-electron chi connectivity index (χ0n) is 7.97. The number of aliphatic hydroxyl groups excluding tert-OH is 1. The molecule has 1 aromatic heterocycles. The first kappa shape index (κ1) is 10.1. The van der Waals surface area contributed by atoms with Gasteiger partial charge in [0.15, 0.2) is 0 Å². The van der Waals surface area contributed by atoms with E-state index in [9.17, 15) is 5.11 Å². The molecule has 0 amide bonds. The average molecular weight is 185 g/mol. The Balaban J connectivity index is 2.68. The van der Waals surface area contributed by atoms with Crippen LogP contribution >= 0.6 is 0 Å². The molecule has 0 saturated carbocycles. The Morgan fingerprint density at radius 1 is 1.69 bits per heavy atom. The number of hydrogen-bond donors (Lipinski definition) is 1. The lowest BCUT2D eigenvalue weighted by Gasteiger charge is -2.10. The van der Waals surface area contributed by atoms with Gasteiger partial charge in [-0.05, 0) is 6.42 Å². The molecule has 1 N–H and O–H groups in total. The van der Waals surface area contributed by atoms with Crippen LogP contribution in [0.2, 0.25) is 0 Å². The van der Waals surface area contributed by atoms with Crippen molar-refractivity contribution >= 4 is 0 Å². The molecule has 1 heterocycles. The Bertz CT molecular complexity index is 249. The van der Waals surface area contributed by atoms with Crippen LogP contribution in [-0.2, 0) is 11.3 Å². The normalized spacial score (nSPS) is 13.2. The van der Waals surface area contributed by atoms with Crippen molar-refractivity contribution in [3.63, 3.8) is 0 Å². The molecule has 5 heteroatoms. The number of ether oxygens (including phenoxy) is 1. The molecule has 13 heavy (non-hydrogen) atoms. The zero-order valence-corrected chi connectivity index (χ0v) is 7.97. The fourth-order valence-electron chi connectivity index (χ4n) is 1.15. The van der Waals surface area contributed by atoms with Crippen LogP contribution in [0, 0.1) is 0 Å². The van der Waals surface area contributed by atoms with Gasteiger partial charge in [0.25, 0.3) is 0 Å². The second-order valence-corrected chi connectivity index (χ2v) is 2.85. The molecule has 0 aliphatic carbocycles. The van der Waals surface area contributed by atoms with E-state index in [1.165, 1.54) is 0 Å². The standard InChI is InChI=1S/C8H15N3O2/c1-3-4-11-7(5-9-10-11)8(12)6-13-2/h5,8,12H,3-4,6H2,1-2H3. The summed E-state index contributed by atoms with van der Waals surface area (Å²) in [6.07, 6.45) is 1.90. The highest BCUT2D eigenvalue weighted by Crippen LogP contribution is 2.10. The summed E-state index contributed by atoms with van der Waals surface area (Å²) in [5.74, 6) is 0. The van der Waals surface area contributed by atoms with Gasteiger partial charge in [0.1, 0.15) is 6.10 Å². The molecule has 1 unspecified atom stereocenters. The van der Waals surface area contributed by atoms with Gasteiger partial charge in [0.2, 0.25) is 0 Å². The Morgan fingerprint density at radius 2 is 2.46 bits per heavy atom. The van der Waals surface area contributed by atoms with Gasteiger partial charge in [0.05, 0.1) is 18.5 Å². The van der Waals surface area contributed by atoms with E-state index in [0.29, 0.717) is 5.69 Å². The van der Waals surface area contributed by atoms with Crippen LogP contribution in [0.15, 0.2) is 6.20 Å². The summed E-state index contributed by atoms with van der Waals surface area (Å²) < 4.78 is 6.54.